The smallest absolute Gasteiger partial charge is 0.343 e. The van der Waals surface area contributed by atoms with Crippen LogP contribution in [0.2, 0.25) is 5.02 Å². The van der Waals surface area contributed by atoms with Crippen molar-refractivity contribution in [3.8, 4) is 0 Å². The van der Waals surface area contributed by atoms with Gasteiger partial charge in [-0.2, -0.15) is 13.2 Å². The molecule has 4 saturated heterocycles. The van der Waals surface area contributed by atoms with E-state index in [1.54, 1.807) is 25.7 Å². The normalized spacial score (nSPS) is 28.9. The Morgan fingerprint density at radius 1 is 0.608 bits per heavy atom. The van der Waals surface area contributed by atoms with Gasteiger partial charge in [-0.3, -0.25) is 57.5 Å². The average molecular weight is 1390 g/mol. The average Bonchev–Trinajstić information content (AvgIpc) is 1.76. The topological polar surface area (TPSA) is 270 Å². The molecule has 11 atom stereocenters. The fraction of sp³-hybridized carbons (Fsp3) is 0.739. The number of carbonyl (C=O) groups is 12. The van der Waals surface area contributed by atoms with Crippen molar-refractivity contribution < 1.29 is 70.7 Å². The zero-order valence-corrected chi connectivity index (χ0v) is 59.7. The van der Waals surface area contributed by atoms with Gasteiger partial charge < -0.3 is 60.0 Å². The second kappa shape index (κ2) is 32.7. The minimum Gasteiger partial charge on any atom is -0.343 e. The molecular formula is C69H104ClF3N12O12. The SMILES string of the molecule is CC[C@H](C)[C@@H]1NC(=O)[C@H](C)N(C)C(=O)C[C@@H](C(=O)N2CCCC2)N(C)C(=O)[C@H](C(C)C)N(C)C(=O)C2(CCCC2)NC(=O)[C@@H]2CCCN2C(=O)[C@H](CCc2ccc(C(F)(F)F)c(Cl)c2)NC(=O)[C@@H](C)N(C)C(=O)[C@H](CC2CCCCC2)N(C)C(=O)[C@@H]2CCN2C(=O)[C@H](C)N(C)C1=O. The van der Waals surface area contributed by atoms with Gasteiger partial charge in [0, 0.05) is 68.5 Å². The lowest BCUT2D eigenvalue weighted by molar-refractivity contribution is -0.160. The number of benzene rings is 1. The van der Waals surface area contributed by atoms with Crippen molar-refractivity contribution in [1.29, 1.82) is 0 Å². The third-order valence-corrected chi connectivity index (χ3v) is 22.3. The first-order chi connectivity index (χ1) is 45.6. The second-order valence-corrected chi connectivity index (χ2v) is 28.9. The molecule has 0 bridgehead atoms. The lowest BCUT2D eigenvalue weighted by Crippen LogP contribution is -2.65. The first-order valence-electron chi connectivity index (χ1n) is 34.9. The Morgan fingerprint density at radius 2 is 1.21 bits per heavy atom. The van der Waals surface area contributed by atoms with Crippen molar-refractivity contribution >= 4 is 82.5 Å². The van der Waals surface area contributed by atoms with Crippen LogP contribution in [-0.4, -0.2) is 249 Å². The van der Waals surface area contributed by atoms with E-state index in [1.165, 1.54) is 103 Å². The summed E-state index contributed by atoms with van der Waals surface area (Å²) in [5.41, 5.74) is -2.36. The number of rotatable bonds is 9. The van der Waals surface area contributed by atoms with Gasteiger partial charge in [-0.1, -0.05) is 96.7 Å². The Kier molecular flexibility index (Phi) is 26.1. The maximum Gasteiger partial charge on any atom is 0.417 e. The van der Waals surface area contributed by atoms with E-state index in [1.807, 2.05) is 6.92 Å². The molecule has 0 radical (unpaired) electrons. The number of likely N-dealkylation sites (N-methyl/N-ethyl adjacent to an activating group) is 6. The number of likely N-dealkylation sites (tertiary alicyclic amines) is 1. The van der Waals surface area contributed by atoms with Gasteiger partial charge in [0.15, 0.2) is 0 Å². The zero-order valence-electron chi connectivity index (χ0n) is 58.9. The third kappa shape index (κ3) is 17.3. The summed E-state index contributed by atoms with van der Waals surface area (Å²) in [6.45, 7) is 12.3. The summed E-state index contributed by atoms with van der Waals surface area (Å²) in [5.74, 6) is -8.84. The Hall–Kier alpha value is -7.06. The molecule has 1 aromatic rings. The minimum atomic E-state index is -4.76. The number of nitrogens with zero attached hydrogens (tertiary/aromatic N) is 9. The van der Waals surface area contributed by atoms with E-state index >= 15 is 24.0 Å². The molecule has 97 heavy (non-hydrogen) atoms. The van der Waals surface area contributed by atoms with Crippen LogP contribution in [0, 0.1) is 17.8 Å². The molecule has 4 aliphatic heterocycles. The van der Waals surface area contributed by atoms with Gasteiger partial charge in [-0.05, 0) is 120 Å². The van der Waals surface area contributed by atoms with E-state index in [4.69, 9.17) is 11.6 Å². The molecule has 1 spiro atoms. The fourth-order valence-electron chi connectivity index (χ4n) is 14.8. The predicted octanol–water partition coefficient (Wildman–Crippen LogP) is 5.00. The van der Waals surface area contributed by atoms with Crippen LogP contribution in [0.4, 0.5) is 13.2 Å². The Bertz CT molecular complexity index is 3100. The second-order valence-electron chi connectivity index (χ2n) is 28.5. The van der Waals surface area contributed by atoms with Crippen LogP contribution < -0.4 is 16.0 Å². The van der Waals surface area contributed by atoms with Crippen LogP contribution in [0.15, 0.2) is 18.2 Å². The van der Waals surface area contributed by atoms with Gasteiger partial charge in [0.1, 0.15) is 66.0 Å². The Labute approximate surface area is 574 Å². The van der Waals surface area contributed by atoms with E-state index in [0.29, 0.717) is 57.2 Å². The zero-order chi connectivity index (χ0) is 71.9. The van der Waals surface area contributed by atoms with Crippen molar-refractivity contribution in [3.05, 3.63) is 34.3 Å². The van der Waals surface area contributed by atoms with Crippen molar-refractivity contribution in [3.63, 3.8) is 0 Å². The summed E-state index contributed by atoms with van der Waals surface area (Å²) in [5, 5.41) is 8.08. The number of carbonyl (C=O) groups excluding carboxylic acids is 12. The van der Waals surface area contributed by atoms with E-state index in [0.717, 1.165) is 49.1 Å². The number of hydrogen-bond acceptors (Lipinski definition) is 12. The van der Waals surface area contributed by atoms with Crippen LogP contribution in [0.25, 0.3) is 0 Å². The standard InChI is InChI=1S/C69H104ClF3N12O12/c1-14-41(4)55-65(95)79(10)44(7)60(90)85-36-30-51(85)62(92)80(11)52(38-45-23-16-15-17-24-45)63(93)78(9)43(6)57(87)74-49(29-27-46-26-28-47(48(70)37-46)69(71,72)73)61(91)84-35-22-25-50(84)59(89)76-68(31-18-19-32-68)67(97)82(13)56(40(2)3)66(96)81(12)53(64(94)83-33-20-21-34-83)39-54(86)77(8)42(5)58(88)75-55/h26,28,37,40-45,49-53,55-56H,14-25,27,29-36,38-39H2,1-13H3,(H,74,87)(H,75,88)(H,76,89)/t41-,42-,43+,44-,49-,50-,51-,52-,53-,55-,56-/m0/s1. The summed E-state index contributed by atoms with van der Waals surface area (Å²) in [6, 6.07) is -9.20. The number of aryl methyl sites for hydroxylation is 1. The van der Waals surface area contributed by atoms with Crippen molar-refractivity contribution in [2.75, 3.05) is 68.5 Å². The van der Waals surface area contributed by atoms with Crippen LogP contribution in [0.3, 0.4) is 0 Å². The molecule has 24 nitrogen and oxygen atoms in total. The molecule has 1 aromatic carbocycles. The molecule has 28 heteroatoms. The van der Waals surface area contributed by atoms with Crippen LogP contribution in [-0.2, 0) is 70.1 Å². The summed E-state index contributed by atoms with van der Waals surface area (Å²) >= 11 is 6.16. The van der Waals surface area contributed by atoms with Gasteiger partial charge in [0.05, 0.1) is 17.0 Å². The summed E-state index contributed by atoms with van der Waals surface area (Å²) in [7, 11) is 8.50. The predicted molar refractivity (Wildman–Crippen MR) is 355 cm³/mol. The molecule has 2 saturated carbocycles. The maximum atomic E-state index is 15.3. The number of halogens is 4. The highest BCUT2D eigenvalue weighted by atomic mass is 35.5. The highest BCUT2D eigenvalue weighted by Gasteiger charge is 2.52. The Morgan fingerprint density at radius 3 is 1.78 bits per heavy atom. The molecular weight excluding hydrogens is 1280 g/mol. The molecule has 6 fully saturated rings. The molecule has 540 valence electrons. The number of fused-ring (bicyclic) bond motifs is 2. The molecule has 4 heterocycles. The first-order valence-corrected chi connectivity index (χ1v) is 35.2. The first kappa shape index (κ1) is 77.3. The molecule has 0 aromatic heterocycles. The molecule has 7 rings (SSSR count). The number of alkyl halides is 3. The number of hydrogen-bond donors (Lipinski definition) is 3. The summed E-state index contributed by atoms with van der Waals surface area (Å²) in [4.78, 5) is 190. The molecule has 0 unspecified atom stereocenters. The van der Waals surface area contributed by atoms with Crippen molar-refractivity contribution in [2.24, 2.45) is 17.8 Å². The quantitative estimate of drug-likeness (QED) is 0.295. The van der Waals surface area contributed by atoms with Crippen LogP contribution in [0.1, 0.15) is 175 Å². The monoisotopic (exact) mass is 1380 g/mol. The molecule has 3 N–H and O–H groups in total. The minimum absolute atomic E-state index is 0.0164. The molecule has 2 aliphatic carbocycles. The largest absolute Gasteiger partial charge is 0.417 e. The van der Waals surface area contributed by atoms with Crippen molar-refractivity contribution in [2.45, 2.75) is 243 Å². The lowest BCUT2D eigenvalue weighted by Gasteiger charge is -2.45. The van der Waals surface area contributed by atoms with Gasteiger partial charge in [0.2, 0.25) is 70.9 Å². The lowest BCUT2D eigenvalue weighted by atomic mass is 9.84. The fourth-order valence-corrected chi connectivity index (χ4v) is 15.1. The maximum absolute atomic E-state index is 15.3. The van der Waals surface area contributed by atoms with Crippen LogP contribution >= 0.6 is 11.6 Å². The third-order valence-electron chi connectivity index (χ3n) is 21.9. The summed E-state index contributed by atoms with van der Waals surface area (Å²) < 4.78 is 41.6. The summed E-state index contributed by atoms with van der Waals surface area (Å²) in [6.07, 6.45) is 2.72. The molecule has 6 aliphatic rings. The number of amides is 12. The van der Waals surface area contributed by atoms with Gasteiger partial charge in [-0.15, -0.1) is 0 Å². The van der Waals surface area contributed by atoms with Crippen LogP contribution in [0.5, 0.6) is 0 Å². The number of nitrogens with one attached hydrogen (secondary N) is 3. The van der Waals surface area contributed by atoms with Crippen molar-refractivity contribution in [1.82, 2.24) is 60.0 Å². The van der Waals surface area contributed by atoms with Gasteiger partial charge in [0.25, 0.3) is 0 Å². The van der Waals surface area contributed by atoms with E-state index < -0.39 is 172 Å². The highest BCUT2D eigenvalue weighted by molar-refractivity contribution is 6.31. The van der Waals surface area contributed by atoms with E-state index in [9.17, 15) is 46.7 Å². The molecule has 12 amide bonds. The van der Waals surface area contributed by atoms with Gasteiger partial charge in [-0.25, -0.2) is 0 Å². The van der Waals surface area contributed by atoms with E-state index in [-0.39, 0.29) is 64.0 Å². The van der Waals surface area contributed by atoms with E-state index in [2.05, 4.69) is 16.0 Å². The van der Waals surface area contributed by atoms with Gasteiger partial charge >= 0.3 is 6.18 Å². The Balaban J connectivity index is 1.27. The highest BCUT2D eigenvalue weighted by Crippen LogP contribution is 2.38.